The maximum absolute atomic E-state index is 12.6. The Bertz CT molecular complexity index is 759. The summed E-state index contributed by atoms with van der Waals surface area (Å²) in [5.41, 5.74) is 1.29. The molecule has 1 amide bonds. The van der Waals surface area contributed by atoms with Crippen molar-refractivity contribution in [3.8, 4) is 5.75 Å². The fourth-order valence-corrected chi connectivity index (χ4v) is 3.38. The molecular weight excluding hydrogens is 328 g/mol. The highest BCUT2D eigenvalue weighted by atomic mass is 32.1. The van der Waals surface area contributed by atoms with Crippen LogP contribution < -0.4 is 4.74 Å². The highest BCUT2D eigenvalue weighted by Crippen LogP contribution is 2.23. The quantitative estimate of drug-likeness (QED) is 0.900. The summed E-state index contributed by atoms with van der Waals surface area (Å²) in [5, 5.41) is 12.1. The number of carbonyl (C=O) groups excluding carboxylic acids is 1. The molecule has 1 saturated heterocycles. The van der Waals surface area contributed by atoms with E-state index in [2.05, 4.69) is 4.98 Å². The number of rotatable bonds is 5. The number of aromatic nitrogens is 1. The molecule has 0 radical (unpaired) electrons. The van der Waals surface area contributed by atoms with Gasteiger partial charge >= 0.3 is 5.97 Å². The maximum atomic E-state index is 12.6. The van der Waals surface area contributed by atoms with E-state index >= 15 is 0 Å². The standard InChI is InChI=1S/C17H18N2O4S/c1-11-18-13(10-24-11)9-23-14-5-2-4-12(8-14)16(20)19-7-3-6-15(19)17(21)22/h2,4-5,8,10,15H,3,6-7,9H2,1H3,(H,21,22)/t15-/m0/s1. The first-order valence-corrected chi connectivity index (χ1v) is 8.60. The normalized spacial score (nSPS) is 17.0. The zero-order valence-corrected chi connectivity index (χ0v) is 14.1. The van der Waals surface area contributed by atoms with Crippen LogP contribution in [0.1, 0.15) is 33.9 Å². The summed E-state index contributed by atoms with van der Waals surface area (Å²) < 4.78 is 5.69. The number of aryl methyl sites for hydroxylation is 1. The first-order valence-electron chi connectivity index (χ1n) is 7.72. The molecule has 2 aromatic rings. The van der Waals surface area contributed by atoms with Crippen LogP contribution in [0, 0.1) is 6.92 Å². The molecule has 0 aliphatic carbocycles. The molecule has 6 nitrogen and oxygen atoms in total. The fraction of sp³-hybridized carbons (Fsp3) is 0.353. The van der Waals surface area contributed by atoms with E-state index in [9.17, 15) is 14.7 Å². The van der Waals surface area contributed by atoms with Crippen LogP contribution >= 0.6 is 11.3 Å². The molecule has 0 unspecified atom stereocenters. The van der Waals surface area contributed by atoms with E-state index in [-0.39, 0.29) is 5.91 Å². The highest BCUT2D eigenvalue weighted by Gasteiger charge is 2.34. The molecule has 1 fully saturated rings. The van der Waals surface area contributed by atoms with Crippen molar-refractivity contribution in [2.75, 3.05) is 6.54 Å². The maximum Gasteiger partial charge on any atom is 0.326 e. The first-order chi connectivity index (χ1) is 11.5. The van der Waals surface area contributed by atoms with Gasteiger partial charge in [0.25, 0.3) is 5.91 Å². The van der Waals surface area contributed by atoms with Crippen molar-refractivity contribution in [1.29, 1.82) is 0 Å². The molecule has 1 aliphatic rings. The Hall–Kier alpha value is -2.41. The molecule has 1 aromatic carbocycles. The number of nitrogens with zero attached hydrogens (tertiary/aromatic N) is 2. The van der Waals surface area contributed by atoms with Gasteiger partial charge in [0, 0.05) is 17.5 Å². The minimum absolute atomic E-state index is 0.269. The Morgan fingerprint density at radius 2 is 2.29 bits per heavy atom. The topological polar surface area (TPSA) is 79.7 Å². The zero-order valence-electron chi connectivity index (χ0n) is 13.3. The van der Waals surface area contributed by atoms with E-state index < -0.39 is 12.0 Å². The Kier molecular flexibility index (Phi) is 4.80. The van der Waals surface area contributed by atoms with E-state index in [0.717, 1.165) is 10.7 Å². The number of hydrogen-bond acceptors (Lipinski definition) is 5. The second-order valence-corrected chi connectivity index (χ2v) is 6.73. The van der Waals surface area contributed by atoms with E-state index in [1.165, 1.54) is 4.90 Å². The van der Waals surface area contributed by atoms with Gasteiger partial charge in [-0.15, -0.1) is 11.3 Å². The summed E-state index contributed by atoms with van der Waals surface area (Å²) in [4.78, 5) is 29.6. The highest BCUT2D eigenvalue weighted by molar-refractivity contribution is 7.09. The number of likely N-dealkylation sites (tertiary alicyclic amines) is 1. The molecule has 1 atom stereocenters. The SMILES string of the molecule is Cc1nc(COc2cccc(C(=O)N3CCC[C@H]3C(=O)O)c2)cs1. The van der Waals surface area contributed by atoms with Crippen molar-refractivity contribution in [2.24, 2.45) is 0 Å². The Balaban J connectivity index is 1.70. The lowest BCUT2D eigenvalue weighted by molar-refractivity contribution is -0.141. The molecule has 1 aromatic heterocycles. The Morgan fingerprint density at radius 3 is 3.00 bits per heavy atom. The average molecular weight is 346 g/mol. The van der Waals surface area contributed by atoms with Crippen LogP contribution in [-0.2, 0) is 11.4 Å². The summed E-state index contributed by atoms with van der Waals surface area (Å²) in [6.45, 7) is 2.74. The molecule has 0 spiro atoms. The largest absolute Gasteiger partial charge is 0.487 e. The lowest BCUT2D eigenvalue weighted by Gasteiger charge is -2.21. The Labute approximate surface area is 143 Å². The van der Waals surface area contributed by atoms with Gasteiger partial charge in [0.15, 0.2) is 0 Å². The lowest BCUT2D eigenvalue weighted by Crippen LogP contribution is -2.40. The number of amides is 1. The second kappa shape index (κ2) is 7.00. The van der Waals surface area contributed by atoms with Gasteiger partial charge in [-0.25, -0.2) is 9.78 Å². The van der Waals surface area contributed by atoms with Crippen molar-refractivity contribution in [1.82, 2.24) is 9.88 Å². The van der Waals surface area contributed by atoms with E-state index in [1.54, 1.807) is 35.6 Å². The average Bonchev–Trinajstić information content (AvgIpc) is 3.21. The van der Waals surface area contributed by atoms with Gasteiger partial charge in [0.2, 0.25) is 0 Å². The molecule has 7 heteroatoms. The summed E-state index contributed by atoms with van der Waals surface area (Å²) in [5.74, 6) is -0.653. The van der Waals surface area contributed by atoms with Gasteiger partial charge in [0.1, 0.15) is 18.4 Å². The van der Waals surface area contributed by atoms with Gasteiger partial charge in [-0.05, 0) is 38.0 Å². The number of aliphatic carboxylic acids is 1. The molecule has 2 heterocycles. The third kappa shape index (κ3) is 3.56. The van der Waals surface area contributed by atoms with E-state index in [0.29, 0.717) is 37.3 Å². The van der Waals surface area contributed by atoms with E-state index in [4.69, 9.17) is 4.74 Å². The number of benzene rings is 1. The molecule has 1 aliphatic heterocycles. The van der Waals surface area contributed by atoms with Crippen LogP contribution in [-0.4, -0.2) is 39.5 Å². The third-order valence-corrected chi connectivity index (χ3v) is 4.76. The molecule has 3 rings (SSSR count). The number of carbonyl (C=O) groups is 2. The summed E-state index contributed by atoms with van der Waals surface area (Å²) in [7, 11) is 0. The van der Waals surface area contributed by atoms with Crippen LogP contribution in [0.3, 0.4) is 0 Å². The predicted molar refractivity (Wildman–Crippen MR) is 89.3 cm³/mol. The minimum Gasteiger partial charge on any atom is -0.487 e. The van der Waals surface area contributed by atoms with Crippen LogP contribution in [0.2, 0.25) is 0 Å². The van der Waals surface area contributed by atoms with Crippen molar-refractivity contribution < 1.29 is 19.4 Å². The Morgan fingerprint density at radius 1 is 1.46 bits per heavy atom. The number of thiazole rings is 1. The van der Waals surface area contributed by atoms with Crippen molar-refractivity contribution >= 4 is 23.2 Å². The van der Waals surface area contributed by atoms with Crippen molar-refractivity contribution in [3.05, 3.63) is 45.9 Å². The number of ether oxygens (including phenoxy) is 1. The smallest absolute Gasteiger partial charge is 0.326 e. The van der Waals surface area contributed by atoms with Crippen LogP contribution in [0.15, 0.2) is 29.6 Å². The van der Waals surface area contributed by atoms with Crippen molar-refractivity contribution in [3.63, 3.8) is 0 Å². The van der Waals surface area contributed by atoms with Gasteiger partial charge in [-0.1, -0.05) is 6.07 Å². The predicted octanol–water partition coefficient (Wildman–Crippen LogP) is 2.72. The van der Waals surface area contributed by atoms with Gasteiger partial charge in [-0.2, -0.15) is 0 Å². The molecule has 126 valence electrons. The first kappa shape index (κ1) is 16.4. The van der Waals surface area contributed by atoms with E-state index in [1.807, 2.05) is 12.3 Å². The van der Waals surface area contributed by atoms with Crippen LogP contribution in [0.25, 0.3) is 0 Å². The van der Waals surface area contributed by atoms with Gasteiger partial charge in [0.05, 0.1) is 10.7 Å². The zero-order chi connectivity index (χ0) is 17.1. The molecule has 24 heavy (non-hydrogen) atoms. The summed E-state index contributed by atoms with van der Waals surface area (Å²) in [6, 6.07) is 6.10. The monoisotopic (exact) mass is 346 g/mol. The number of carboxylic acids is 1. The van der Waals surface area contributed by atoms with Crippen LogP contribution in [0.4, 0.5) is 0 Å². The minimum atomic E-state index is -0.952. The molecule has 1 N–H and O–H groups in total. The second-order valence-electron chi connectivity index (χ2n) is 5.67. The van der Waals surface area contributed by atoms with Crippen LogP contribution in [0.5, 0.6) is 5.75 Å². The van der Waals surface area contributed by atoms with Gasteiger partial charge < -0.3 is 14.7 Å². The molecular formula is C17H18N2O4S. The van der Waals surface area contributed by atoms with Crippen molar-refractivity contribution in [2.45, 2.75) is 32.4 Å². The lowest BCUT2D eigenvalue weighted by atomic mass is 10.1. The van der Waals surface area contributed by atoms with Gasteiger partial charge in [-0.3, -0.25) is 4.79 Å². The molecule has 0 bridgehead atoms. The number of hydrogen-bond donors (Lipinski definition) is 1. The third-order valence-electron chi connectivity index (χ3n) is 3.93. The number of carboxylic acid groups (broad SMARTS) is 1. The molecule has 0 saturated carbocycles. The summed E-state index contributed by atoms with van der Waals surface area (Å²) in [6.07, 6.45) is 1.21. The summed E-state index contributed by atoms with van der Waals surface area (Å²) >= 11 is 1.56. The fourth-order valence-electron chi connectivity index (χ4n) is 2.78.